The highest BCUT2D eigenvalue weighted by atomic mass is 35.5. The highest BCUT2D eigenvalue weighted by Gasteiger charge is 2.34. The van der Waals surface area contributed by atoms with E-state index in [0.29, 0.717) is 21.9 Å². The van der Waals surface area contributed by atoms with Crippen LogP contribution in [0.5, 0.6) is 5.75 Å². The number of phenols is 1. The summed E-state index contributed by atoms with van der Waals surface area (Å²) in [5.41, 5.74) is 1.87. The number of aromatic hydroxyl groups is 1. The van der Waals surface area contributed by atoms with Gasteiger partial charge in [0.2, 0.25) is 5.78 Å². The predicted octanol–water partition coefficient (Wildman–Crippen LogP) is 2.74. The first-order chi connectivity index (χ1) is 10.1. The molecule has 0 radical (unpaired) electrons. The number of fused-ring (bicyclic) bond motifs is 5. The van der Waals surface area contributed by atoms with Crippen molar-refractivity contribution in [2.45, 2.75) is 0 Å². The number of halogens is 1. The summed E-state index contributed by atoms with van der Waals surface area (Å²) in [6.45, 7) is 0. The minimum Gasteiger partial charge on any atom is -0.508 e. The van der Waals surface area contributed by atoms with E-state index in [1.165, 1.54) is 16.5 Å². The topological polar surface area (TPSA) is 71.7 Å². The molecule has 0 saturated carbocycles. The smallest absolute Gasteiger partial charge is 0.252 e. The van der Waals surface area contributed by atoms with E-state index in [2.05, 4.69) is 4.98 Å². The van der Waals surface area contributed by atoms with Crippen LogP contribution in [0, 0.1) is 0 Å². The first-order valence-corrected chi connectivity index (χ1v) is 6.54. The zero-order chi connectivity index (χ0) is 14.7. The summed E-state index contributed by atoms with van der Waals surface area (Å²) in [7, 11) is 0. The fourth-order valence-corrected chi connectivity index (χ4v) is 2.74. The molecule has 5 nitrogen and oxygen atoms in total. The summed E-state index contributed by atoms with van der Waals surface area (Å²) < 4.78 is 1.52. The Morgan fingerprint density at radius 2 is 1.86 bits per heavy atom. The summed E-state index contributed by atoms with van der Waals surface area (Å²) in [5.74, 6) is -1.38. The van der Waals surface area contributed by atoms with Gasteiger partial charge in [-0.25, -0.2) is 4.98 Å². The summed E-state index contributed by atoms with van der Waals surface area (Å²) >= 11 is 5.95. The minimum absolute atomic E-state index is 0.0647. The van der Waals surface area contributed by atoms with Crippen LogP contribution < -0.4 is 0 Å². The third-order valence-electron chi connectivity index (χ3n) is 3.51. The van der Waals surface area contributed by atoms with Crippen LogP contribution in [-0.2, 0) is 0 Å². The van der Waals surface area contributed by atoms with Gasteiger partial charge in [-0.05, 0) is 30.3 Å². The molecule has 0 bridgehead atoms. The second kappa shape index (κ2) is 3.93. The lowest BCUT2D eigenvalue weighted by Crippen LogP contribution is -2.22. The van der Waals surface area contributed by atoms with Crippen LogP contribution in [0.2, 0.25) is 5.02 Å². The van der Waals surface area contributed by atoms with Crippen molar-refractivity contribution in [3.63, 3.8) is 0 Å². The average Bonchev–Trinajstić information content (AvgIpc) is 2.83. The highest BCUT2D eigenvalue weighted by Crippen LogP contribution is 2.35. The summed E-state index contributed by atoms with van der Waals surface area (Å²) in [6.07, 6.45) is 1.55. The Morgan fingerprint density at radius 1 is 1.05 bits per heavy atom. The van der Waals surface area contributed by atoms with E-state index in [1.807, 2.05) is 0 Å². The maximum atomic E-state index is 12.3. The maximum Gasteiger partial charge on any atom is 0.252 e. The van der Waals surface area contributed by atoms with Crippen molar-refractivity contribution in [3.8, 4) is 17.0 Å². The number of carbonyl (C=O) groups excluding carboxylic acids is 2. The molecule has 1 aliphatic rings. The van der Waals surface area contributed by atoms with Crippen LogP contribution in [-0.4, -0.2) is 26.1 Å². The normalized spacial score (nSPS) is 13.4. The molecule has 6 heteroatoms. The molecule has 0 spiro atoms. The van der Waals surface area contributed by atoms with Crippen LogP contribution in [0.15, 0.2) is 36.5 Å². The first-order valence-electron chi connectivity index (χ1n) is 6.16. The molecule has 2 heterocycles. The molecular weight excluding hydrogens is 292 g/mol. The third kappa shape index (κ3) is 1.55. The molecule has 0 atom stereocenters. The van der Waals surface area contributed by atoms with Gasteiger partial charge in [-0.2, -0.15) is 0 Å². The summed E-state index contributed by atoms with van der Waals surface area (Å²) in [5, 5.41) is 9.95. The second-order valence-corrected chi connectivity index (χ2v) is 5.21. The number of nitrogens with zero attached hydrogens (tertiary/aromatic N) is 2. The fraction of sp³-hybridized carbons (Fsp3) is 0. The van der Waals surface area contributed by atoms with Gasteiger partial charge < -0.3 is 5.11 Å². The van der Waals surface area contributed by atoms with Crippen molar-refractivity contribution in [1.29, 1.82) is 0 Å². The van der Waals surface area contributed by atoms with Gasteiger partial charge in [-0.15, -0.1) is 0 Å². The highest BCUT2D eigenvalue weighted by molar-refractivity contribution is 6.52. The molecule has 0 fully saturated rings. The zero-order valence-electron chi connectivity index (χ0n) is 10.5. The summed E-state index contributed by atoms with van der Waals surface area (Å²) in [6, 6.07) is 7.68. The number of rotatable bonds is 0. The molecular formula is C15H7ClN2O3. The average molecular weight is 299 g/mol. The Bertz CT molecular complexity index is 959. The number of Topliss-reactive ketones (excluding diaryl/α,β-unsaturated/α-hetero) is 2. The number of hydrogen-bond donors (Lipinski definition) is 1. The van der Waals surface area contributed by atoms with Crippen LogP contribution in [0.3, 0.4) is 0 Å². The molecule has 0 saturated heterocycles. The number of benzene rings is 1. The molecule has 102 valence electrons. The predicted molar refractivity (Wildman–Crippen MR) is 76.0 cm³/mol. The van der Waals surface area contributed by atoms with Crippen molar-refractivity contribution >= 4 is 28.8 Å². The maximum absolute atomic E-state index is 12.3. The number of ketones is 2. The quantitative estimate of drug-likeness (QED) is 0.648. The molecule has 1 N–H and O–H groups in total. The molecule has 0 amide bonds. The van der Waals surface area contributed by atoms with Gasteiger partial charge >= 0.3 is 0 Å². The minimum atomic E-state index is -0.657. The number of aromatic nitrogens is 2. The van der Waals surface area contributed by atoms with Gasteiger partial charge in [-0.1, -0.05) is 11.6 Å². The van der Waals surface area contributed by atoms with Crippen molar-refractivity contribution < 1.29 is 14.7 Å². The number of imidazole rings is 1. The molecule has 3 aromatic rings. The molecule has 1 aromatic carbocycles. The van der Waals surface area contributed by atoms with Crippen LogP contribution in [0.25, 0.3) is 16.9 Å². The summed E-state index contributed by atoms with van der Waals surface area (Å²) in [4.78, 5) is 29.0. The Hall–Kier alpha value is -2.66. The van der Waals surface area contributed by atoms with Crippen molar-refractivity contribution in [1.82, 2.24) is 9.38 Å². The van der Waals surface area contributed by atoms with Gasteiger partial charge in [-0.3, -0.25) is 14.0 Å². The van der Waals surface area contributed by atoms with E-state index in [9.17, 15) is 14.7 Å². The molecule has 4 rings (SSSR count). The molecule has 0 aliphatic heterocycles. The van der Waals surface area contributed by atoms with Crippen molar-refractivity contribution in [2.75, 3.05) is 0 Å². The molecule has 1 aliphatic carbocycles. The van der Waals surface area contributed by atoms with Gasteiger partial charge in [0.15, 0.2) is 0 Å². The van der Waals surface area contributed by atoms with E-state index in [-0.39, 0.29) is 17.0 Å². The standard InChI is InChI=1S/C15H7ClN2O3/c16-7-1-4-11-17-12-9-3-2-8(19)5-10(9)14(20)15(21)13(12)18(11)6-7/h1-6,19H. The van der Waals surface area contributed by atoms with Gasteiger partial charge in [0.25, 0.3) is 5.78 Å². The zero-order valence-corrected chi connectivity index (χ0v) is 11.3. The van der Waals surface area contributed by atoms with E-state index in [1.54, 1.807) is 24.4 Å². The molecule has 0 unspecified atom stereocenters. The number of hydrogen-bond acceptors (Lipinski definition) is 4. The second-order valence-electron chi connectivity index (χ2n) is 4.77. The first kappa shape index (κ1) is 12.1. The molecule has 21 heavy (non-hydrogen) atoms. The number of pyridine rings is 1. The Morgan fingerprint density at radius 3 is 2.67 bits per heavy atom. The van der Waals surface area contributed by atoms with E-state index < -0.39 is 11.6 Å². The van der Waals surface area contributed by atoms with Gasteiger partial charge in [0.05, 0.1) is 5.02 Å². The monoisotopic (exact) mass is 298 g/mol. The fourth-order valence-electron chi connectivity index (χ4n) is 2.58. The van der Waals surface area contributed by atoms with Crippen LogP contribution in [0.4, 0.5) is 0 Å². The lowest BCUT2D eigenvalue weighted by molar-refractivity contribution is 0.0811. The Kier molecular flexibility index (Phi) is 2.26. The van der Waals surface area contributed by atoms with E-state index in [0.717, 1.165) is 0 Å². The largest absolute Gasteiger partial charge is 0.508 e. The van der Waals surface area contributed by atoms with Crippen molar-refractivity contribution in [2.24, 2.45) is 0 Å². The lowest BCUT2D eigenvalue weighted by atomic mass is 9.90. The number of carbonyl (C=O) groups is 2. The number of phenolic OH excluding ortho intramolecular Hbond substituents is 1. The Balaban J connectivity index is 2.16. The lowest BCUT2D eigenvalue weighted by Gasteiger charge is -2.13. The van der Waals surface area contributed by atoms with Crippen LogP contribution >= 0.6 is 11.6 Å². The van der Waals surface area contributed by atoms with Gasteiger partial charge in [0.1, 0.15) is 22.8 Å². The van der Waals surface area contributed by atoms with Crippen molar-refractivity contribution in [3.05, 3.63) is 52.8 Å². The van der Waals surface area contributed by atoms with Gasteiger partial charge in [0, 0.05) is 17.3 Å². The SMILES string of the molecule is O=C1C(=O)c2c(nc3ccc(Cl)cn23)-c2ccc(O)cc21. The third-order valence-corrected chi connectivity index (χ3v) is 3.73. The van der Waals surface area contributed by atoms with E-state index in [4.69, 9.17) is 11.6 Å². The van der Waals surface area contributed by atoms with E-state index >= 15 is 0 Å². The Labute approximate surface area is 123 Å². The van der Waals surface area contributed by atoms with Crippen LogP contribution in [0.1, 0.15) is 20.8 Å². The molecule has 2 aromatic heterocycles.